The van der Waals surface area contributed by atoms with Gasteiger partial charge in [-0.15, -0.1) is 0 Å². The molecule has 1 aliphatic heterocycles. The van der Waals surface area contributed by atoms with Crippen molar-refractivity contribution in [1.82, 2.24) is 15.1 Å². The monoisotopic (exact) mass is 507 g/mol. The number of hydrogen-bond acceptors (Lipinski definition) is 5. The second-order valence-electron chi connectivity index (χ2n) is 9.88. The molecule has 0 saturated carbocycles. The first-order valence-corrected chi connectivity index (χ1v) is 13.2. The molecule has 2 aromatic carbocycles. The van der Waals surface area contributed by atoms with Crippen LogP contribution in [0, 0.1) is 5.82 Å². The fourth-order valence-corrected chi connectivity index (χ4v) is 4.92. The molecular formula is C30H38FN3O3. The van der Waals surface area contributed by atoms with E-state index in [1.54, 1.807) is 25.3 Å². The molecule has 1 aliphatic rings. The van der Waals surface area contributed by atoms with E-state index in [1.165, 1.54) is 25.3 Å². The highest BCUT2D eigenvalue weighted by Crippen LogP contribution is 2.19. The zero-order valence-corrected chi connectivity index (χ0v) is 21.9. The molecule has 0 spiro atoms. The van der Waals surface area contributed by atoms with Crippen LogP contribution in [0.1, 0.15) is 60.0 Å². The highest BCUT2D eigenvalue weighted by molar-refractivity contribution is 5.91. The number of carbonyl (C=O) groups is 1. The standard InChI is InChI=1S/C30H38FN3O3/c1-23-7-3-4-17-34(23)18-6-16-32-30(35)29-15-14-28(37-29)22-33(21-25-8-5-9-26(31)19-25)20-24-10-12-27(36-2)13-11-24/h5,8-15,19,23H,3-4,6-7,16-18,20-22H2,1-2H3,(H,32,35). The van der Waals surface area contributed by atoms with E-state index >= 15 is 0 Å². The number of methoxy groups -OCH3 is 1. The predicted octanol–water partition coefficient (Wildman–Crippen LogP) is 5.62. The Bertz CT molecular complexity index is 1130. The molecule has 198 valence electrons. The summed E-state index contributed by atoms with van der Waals surface area (Å²) in [5, 5.41) is 2.99. The maximum atomic E-state index is 13.8. The third-order valence-corrected chi connectivity index (χ3v) is 6.97. The van der Waals surface area contributed by atoms with Crippen LogP contribution in [-0.2, 0) is 19.6 Å². The number of nitrogens with one attached hydrogen (secondary N) is 1. The highest BCUT2D eigenvalue weighted by Gasteiger charge is 2.18. The van der Waals surface area contributed by atoms with Gasteiger partial charge in [-0.25, -0.2) is 4.39 Å². The lowest BCUT2D eigenvalue weighted by Gasteiger charge is -2.33. The van der Waals surface area contributed by atoms with Crippen molar-refractivity contribution < 1.29 is 18.3 Å². The van der Waals surface area contributed by atoms with Crippen LogP contribution < -0.4 is 10.1 Å². The van der Waals surface area contributed by atoms with E-state index in [2.05, 4.69) is 22.0 Å². The molecule has 1 aromatic heterocycles. The molecule has 1 saturated heterocycles. The van der Waals surface area contributed by atoms with E-state index in [0.717, 1.165) is 36.4 Å². The van der Waals surface area contributed by atoms with E-state index in [4.69, 9.17) is 9.15 Å². The molecule has 4 rings (SSSR count). The molecule has 7 heteroatoms. The zero-order chi connectivity index (χ0) is 26.0. The fraction of sp³-hybridized carbons (Fsp3) is 0.433. The number of piperidine rings is 1. The van der Waals surface area contributed by atoms with E-state index in [1.807, 2.05) is 36.4 Å². The van der Waals surface area contributed by atoms with Gasteiger partial charge >= 0.3 is 0 Å². The lowest BCUT2D eigenvalue weighted by Crippen LogP contribution is -2.39. The lowest BCUT2D eigenvalue weighted by molar-refractivity contribution is 0.0916. The summed E-state index contributed by atoms with van der Waals surface area (Å²) >= 11 is 0. The third-order valence-electron chi connectivity index (χ3n) is 6.97. The van der Waals surface area contributed by atoms with Gasteiger partial charge in [-0.3, -0.25) is 9.69 Å². The summed E-state index contributed by atoms with van der Waals surface area (Å²) < 4.78 is 25.0. The van der Waals surface area contributed by atoms with Crippen molar-refractivity contribution in [1.29, 1.82) is 0 Å². The minimum atomic E-state index is -0.256. The van der Waals surface area contributed by atoms with Gasteiger partial charge in [0.1, 0.15) is 17.3 Å². The molecule has 3 aromatic rings. The van der Waals surface area contributed by atoms with E-state index < -0.39 is 0 Å². The Balaban J connectivity index is 1.33. The van der Waals surface area contributed by atoms with Gasteiger partial charge in [-0.1, -0.05) is 30.7 Å². The summed E-state index contributed by atoms with van der Waals surface area (Å²) in [4.78, 5) is 17.3. The molecule has 1 unspecified atom stereocenters. The van der Waals surface area contributed by atoms with Crippen LogP contribution in [0.2, 0.25) is 0 Å². The van der Waals surface area contributed by atoms with Gasteiger partial charge in [0.15, 0.2) is 5.76 Å². The van der Waals surface area contributed by atoms with Crippen molar-refractivity contribution in [2.45, 2.75) is 58.3 Å². The number of ether oxygens (including phenoxy) is 1. The Kier molecular flexibility index (Phi) is 9.74. The van der Waals surface area contributed by atoms with Gasteiger partial charge in [0.05, 0.1) is 13.7 Å². The molecule has 1 amide bonds. The van der Waals surface area contributed by atoms with Gasteiger partial charge in [-0.2, -0.15) is 0 Å². The Hall–Kier alpha value is -3.16. The normalized spacial score (nSPS) is 16.2. The van der Waals surface area contributed by atoms with Gasteiger partial charge < -0.3 is 19.4 Å². The second kappa shape index (κ2) is 13.4. The Morgan fingerprint density at radius 3 is 2.65 bits per heavy atom. The number of carbonyl (C=O) groups excluding carboxylic acids is 1. The van der Waals surface area contributed by atoms with Gasteiger partial charge in [0.25, 0.3) is 5.91 Å². The summed E-state index contributed by atoms with van der Waals surface area (Å²) in [6.07, 6.45) is 4.76. The first-order valence-electron chi connectivity index (χ1n) is 13.2. The van der Waals surface area contributed by atoms with E-state index in [0.29, 0.717) is 43.7 Å². The smallest absolute Gasteiger partial charge is 0.286 e. The van der Waals surface area contributed by atoms with Crippen molar-refractivity contribution in [2.75, 3.05) is 26.7 Å². The summed E-state index contributed by atoms with van der Waals surface area (Å²) in [6, 6.07) is 18.7. The number of hydrogen-bond donors (Lipinski definition) is 1. The van der Waals surface area contributed by atoms with Crippen LogP contribution in [0.25, 0.3) is 0 Å². The summed E-state index contributed by atoms with van der Waals surface area (Å²) in [5.41, 5.74) is 1.98. The quantitative estimate of drug-likeness (QED) is 0.322. The van der Waals surface area contributed by atoms with Crippen molar-refractivity contribution in [3.8, 4) is 5.75 Å². The van der Waals surface area contributed by atoms with E-state index in [9.17, 15) is 9.18 Å². The molecule has 37 heavy (non-hydrogen) atoms. The summed E-state index contributed by atoms with van der Waals surface area (Å²) in [6.45, 7) is 6.74. The van der Waals surface area contributed by atoms with Crippen LogP contribution in [0.15, 0.2) is 65.1 Å². The molecule has 0 bridgehead atoms. The largest absolute Gasteiger partial charge is 0.497 e. The highest BCUT2D eigenvalue weighted by atomic mass is 19.1. The van der Waals surface area contributed by atoms with Crippen LogP contribution in [0.3, 0.4) is 0 Å². The van der Waals surface area contributed by atoms with Gasteiger partial charge in [0.2, 0.25) is 0 Å². The topological polar surface area (TPSA) is 58.0 Å². The first-order chi connectivity index (χ1) is 18.0. The summed E-state index contributed by atoms with van der Waals surface area (Å²) in [5.74, 6) is 1.36. The SMILES string of the molecule is COc1ccc(CN(Cc2cccc(F)c2)Cc2ccc(C(=O)NCCCN3CCCCC3C)o2)cc1. The van der Waals surface area contributed by atoms with Crippen LogP contribution in [0.4, 0.5) is 4.39 Å². The van der Waals surface area contributed by atoms with E-state index in [-0.39, 0.29) is 11.7 Å². The molecular weight excluding hydrogens is 469 g/mol. The summed E-state index contributed by atoms with van der Waals surface area (Å²) in [7, 11) is 1.64. The predicted molar refractivity (Wildman–Crippen MR) is 143 cm³/mol. The average Bonchev–Trinajstić information content (AvgIpc) is 3.36. The molecule has 0 aliphatic carbocycles. The maximum absolute atomic E-state index is 13.8. The first kappa shape index (κ1) is 26.9. The number of likely N-dealkylation sites (tertiary alicyclic amines) is 1. The van der Waals surface area contributed by atoms with Gasteiger partial charge in [0, 0.05) is 32.2 Å². The molecule has 1 atom stereocenters. The molecule has 1 N–H and O–H groups in total. The average molecular weight is 508 g/mol. The zero-order valence-electron chi connectivity index (χ0n) is 21.9. The minimum absolute atomic E-state index is 0.190. The van der Waals surface area contributed by atoms with Crippen LogP contribution in [-0.4, -0.2) is 48.5 Å². The number of nitrogens with zero attached hydrogens (tertiary/aromatic N) is 2. The van der Waals surface area contributed by atoms with Crippen molar-refractivity contribution in [3.05, 3.63) is 89.1 Å². The van der Waals surface area contributed by atoms with Crippen molar-refractivity contribution in [3.63, 3.8) is 0 Å². The molecule has 1 fully saturated rings. The molecule has 2 heterocycles. The van der Waals surface area contributed by atoms with Gasteiger partial charge in [-0.05, 0) is 80.3 Å². The number of benzene rings is 2. The Morgan fingerprint density at radius 1 is 1.08 bits per heavy atom. The number of furan rings is 1. The minimum Gasteiger partial charge on any atom is -0.497 e. The lowest BCUT2D eigenvalue weighted by atomic mass is 10.0. The second-order valence-corrected chi connectivity index (χ2v) is 9.88. The third kappa shape index (κ3) is 8.17. The molecule has 6 nitrogen and oxygen atoms in total. The molecule has 0 radical (unpaired) electrons. The van der Waals surface area contributed by atoms with Crippen LogP contribution >= 0.6 is 0 Å². The van der Waals surface area contributed by atoms with Crippen molar-refractivity contribution in [2.24, 2.45) is 0 Å². The number of rotatable bonds is 12. The van der Waals surface area contributed by atoms with Crippen molar-refractivity contribution >= 4 is 5.91 Å². The number of halogens is 1. The van der Waals surface area contributed by atoms with Crippen LogP contribution in [0.5, 0.6) is 5.75 Å². The Morgan fingerprint density at radius 2 is 1.89 bits per heavy atom. The fourth-order valence-electron chi connectivity index (χ4n) is 4.92. The maximum Gasteiger partial charge on any atom is 0.286 e. The Labute approximate surface area is 219 Å². The number of amides is 1.